The van der Waals surface area contributed by atoms with Gasteiger partial charge in [0.1, 0.15) is 12.4 Å². The molecule has 0 aromatic heterocycles. The minimum absolute atomic E-state index is 0.00800. The molecular weight excluding hydrogens is 393 g/mol. The van der Waals surface area contributed by atoms with E-state index in [1.54, 1.807) is 0 Å². The number of hydrogen-bond donors (Lipinski definition) is 1. The molecule has 1 aromatic rings. The molecule has 1 saturated heterocycles. The number of halogens is 3. The summed E-state index contributed by atoms with van der Waals surface area (Å²) in [5, 5.41) is 9.69. The van der Waals surface area contributed by atoms with Crippen molar-refractivity contribution in [3.8, 4) is 5.75 Å². The molecule has 0 amide bonds. The molecule has 1 fully saturated rings. The van der Waals surface area contributed by atoms with Gasteiger partial charge in [0.05, 0.1) is 13.0 Å². The minimum Gasteiger partial charge on any atom is -0.461 e. The van der Waals surface area contributed by atoms with Gasteiger partial charge in [0, 0.05) is 12.0 Å². The molecule has 0 aliphatic carbocycles. The standard InChI is InChI=1S/C20H23F3O6/c1-18(2,3)10-16(25)27-12-19(11-24)9-14(17(26)29-19)8-13-4-6-15(7-5-13)28-20(21,22)23/h4-8,24H,9-12H2,1-3H3/b14-8-. The highest BCUT2D eigenvalue weighted by Crippen LogP contribution is 2.33. The van der Waals surface area contributed by atoms with Crippen LogP contribution in [0.3, 0.4) is 0 Å². The predicted octanol–water partition coefficient (Wildman–Crippen LogP) is 3.63. The Hall–Kier alpha value is -2.55. The van der Waals surface area contributed by atoms with Crippen molar-refractivity contribution >= 4 is 18.0 Å². The average Bonchev–Trinajstić information content (AvgIpc) is 2.89. The topological polar surface area (TPSA) is 82.1 Å². The van der Waals surface area contributed by atoms with Gasteiger partial charge < -0.3 is 19.3 Å². The lowest BCUT2D eigenvalue weighted by Gasteiger charge is -2.25. The molecule has 1 N–H and O–H groups in total. The van der Waals surface area contributed by atoms with Gasteiger partial charge in [-0.3, -0.25) is 4.79 Å². The maximum Gasteiger partial charge on any atom is 0.573 e. The summed E-state index contributed by atoms with van der Waals surface area (Å²) in [7, 11) is 0. The molecule has 0 saturated carbocycles. The van der Waals surface area contributed by atoms with E-state index in [1.807, 2.05) is 20.8 Å². The zero-order valence-corrected chi connectivity index (χ0v) is 16.3. The number of cyclic esters (lactones) is 1. The number of alkyl halides is 3. The quantitative estimate of drug-likeness (QED) is 0.563. The summed E-state index contributed by atoms with van der Waals surface area (Å²) in [6.07, 6.45) is -3.20. The second-order valence-corrected chi connectivity index (χ2v) is 8.09. The number of carbonyl (C=O) groups excluding carboxylic acids is 2. The van der Waals surface area contributed by atoms with Crippen LogP contribution in [0.15, 0.2) is 29.8 Å². The molecule has 1 aromatic carbocycles. The van der Waals surface area contributed by atoms with E-state index in [-0.39, 0.29) is 36.2 Å². The molecule has 1 atom stereocenters. The van der Waals surface area contributed by atoms with Crippen molar-refractivity contribution in [3.63, 3.8) is 0 Å². The summed E-state index contributed by atoms with van der Waals surface area (Å²) in [6, 6.07) is 4.94. The smallest absolute Gasteiger partial charge is 0.461 e. The Kier molecular flexibility index (Phi) is 6.62. The number of ether oxygens (including phenoxy) is 3. The highest BCUT2D eigenvalue weighted by Gasteiger charge is 2.44. The molecule has 1 heterocycles. The molecule has 1 aliphatic heterocycles. The molecular formula is C20H23F3O6. The molecule has 1 unspecified atom stereocenters. The summed E-state index contributed by atoms with van der Waals surface area (Å²) in [5.74, 6) is -1.55. The molecule has 2 rings (SSSR count). The van der Waals surface area contributed by atoms with Crippen LogP contribution in [0.1, 0.15) is 39.2 Å². The van der Waals surface area contributed by atoms with Crippen molar-refractivity contribution in [2.75, 3.05) is 13.2 Å². The molecule has 160 valence electrons. The zero-order valence-electron chi connectivity index (χ0n) is 16.3. The van der Waals surface area contributed by atoms with E-state index >= 15 is 0 Å². The molecule has 0 radical (unpaired) electrons. The number of carbonyl (C=O) groups is 2. The number of rotatable bonds is 6. The number of esters is 2. The number of aliphatic hydroxyl groups excluding tert-OH is 1. The minimum atomic E-state index is -4.79. The maximum absolute atomic E-state index is 12.2. The van der Waals surface area contributed by atoms with Crippen LogP contribution in [0.2, 0.25) is 0 Å². The SMILES string of the molecule is CC(C)(C)CC(=O)OCC1(CO)C/C(=C/c2ccc(OC(F)(F)F)cc2)C(=O)O1. The van der Waals surface area contributed by atoms with E-state index in [4.69, 9.17) is 9.47 Å². The van der Waals surface area contributed by atoms with Gasteiger partial charge in [0.15, 0.2) is 5.60 Å². The molecule has 9 heteroatoms. The summed E-state index contributed by atoms with van der Waals surface area (Å²) in [6.45, 7) is 4.78. The number of benzene rings is 1. The highest BCUT2D eigenvalue weighted by molar-refractivity contribution is 5.96. The van der Waals surface area contributed by atoms with Crippen LogP contribution in [0.25, 0.3) is 6.08 Å². The van der Waals surface area contributed by atoms with Crippen molar-refractivity contribution in [1.29, 1.82) is 0 Å². The van der Waals surface area contributed by atoms with Crippen LogP contribution in [0.4, 0.5) is 13.2 Å². The fourth-order valence-electron chi connectivity index (χ4n) is 2.70. The molecule has 0 spiro atoms. The van der Waals surface area contributed by atoms with Crippen LogP contribution in [-0.4, -0.2) is 42.2 Å². The second kappa shape index (κ2) is 8.44. The van der Waals surface area contributed by atoms with E-state index in [2.05, 4.69) is 4.74 Å². The maximum atomic E-state index is 12.2. The Balaban J connectivity index is 2.06. The molecule has 1 aliphatic rings. The van der Waals surface area contributed by atoms with Crippen molar-refractivity contribution in [1.82, 2.24) is 0 Å². The fraction of sp³-hybridized carbons (Fsp3) is 0.500. The van der Waals surface area contributed by atoms with Crippen molar-refractivity contribution in [3.05, 3.63) is 35.4 Å². The van der Waals surface area contributed by atoms with Gasteiger partial charge in [-0.1, -0.05) is 32.9 Å². The van der Waals surface area contributed by atoms with Crippen molar-refractivity contribution in [2.45, 2.75) is 45.6 Å². The Bertz CT molecular complexity index is 777. The lowest BCUT2D eigenvalue weighted by atomic mass is 9.92. The monoisotopic (exact) mass is 416 g/mol. The van der Waals surface area contributed by atoms with Gasteiger partial charge in [-0.05, 0) is 29.2 Å². The third-order valence-corrected chi connectivity index (χ3v) is 4.00. The Morgan fingerprint density at radius 1 is 1.24 bits per heavy atom. The van der Waals surface area contributed by atoms with Gasteiger partial charge in [0.25, 0.3) is 0 Å². The van der Waals surface area contributed by atoms with Gasteiger partial charge >= 0.3 is 18.3 Å². The van der Waals surface area contributed by atoms with E-state index in [1.165, 1.54) is 18.2 Å². The summed E-state index contributed by atoms with van der Waals surface area (Å²) >= 11 is 0. The second-order valence-electron chi connectivity index (χ2n) is 8.09. The Labute approximate surface area is 166 Å². The first-order valence-electron chi connectivity index (χ1n) is 8.87. The van der Waals surface area contributed by atoms with Gasteiger partial charge in [-0.25, -0.2) is 4.79 Å². The predicted molar refractivity (Wildman–Crippen MR) is 96.7 cm³/mol. The summed E-state index contributed by atoms with van der Waals surface area (Å²) in [4.78, 5) is 24.1. The largest absolute Gasteiger partial charge is 0.573 e. The van der Waals surface area contributed by atoms with Crippen LogP contribution >= 0.6 is 0 Å². The molecule has 29 heavy (non-hydrogen) atoms. The summed E-state index contributed by atoms with van der Waals surface area (Å²) in [5.41, 5.74) is -1.00. The van der Waals surface area contributed by atoms with Crippen molar-refractivity contribution < 1.29 is 42.1 Å². The van der Waals surface area contributed by atoms with E-state index in [0.717, 1.165) is 12.1 Å². The van der Waals surface area contributed by atoms with Crippen molar-refractivity contribution in [2.24, 2.45) is 5.41 Å². The third-order valence-electron chi connectivity index (χ3n) is 4.00. The number of aliphatic hydroxyl groups is 1. The normalized spacial score (nSPS) is 21.2. The first-order chi connectivity index (χ1) is 13.3. The molecule has 0 bridgehead atoms. The first kappa shape index (κ1) is 22.7. The number of hydrogen-bond acceptors (Lipinski definition) is 6. The Morgan fingerprint density at radius 2 is 1.86 bits per heavy atom. The molecule has 6 nitrogen and oxygen atoms in total. The van der Waals surface area contributed by atoms with Crippen LogP contribution in [0.5, 0.6) is 5.75 Å². The first-order valence-corrected chi connectivity index (χ1v) is 8.87. The van der Waals surface area contributed by atoms with Gasteiger partial charge in [-0.2, -0.15) is 0 Å². The van der Waals surface area contributed by atoms with E-state index in [9.17, 15) is 27.9 Å². The lowest BCUT2D eigenvalue weighted by Crippen LogP contribution is -2.39. The van der Waals surface area contributed by atoms with Crippen LogP contribution in [-0.2, 0) is 19.1 Å². The lowest BCUT2D eigenvalue weighted by molar-refractivity contribution is -0.274. The zero-order chi connectivity index (χ0) is 21.9. The van der Waals surface area contributed by atoms with E-state index in [0.29, 0.717) is 5.56 Å². The average molecular weight is 416 g/mol. The Morgan fingerprint density at radius 3 is 2.38 bits per heavy atom. The van der Waals surface area contributed by atoms with Gasteiger partial charge in [-0.15, -0.1) is 13.2 Å². The summed E-state index contributed by atoms with van der Waals surface area (Å²) < 4.78 is 50.8. The van der Waals surface area contributed by atoms with Crippen LogP contribution in [0, 0.1) is 5.41 Å². The highest BCUT2D eigenvalue weighted by atomic mass is 19.4. The van der Waals surface area contributed by atoms with Crippen LogP contribution < -0.4 is 4.74 Å². The fourth-order valence-corrected chi connectivity index (χ4v) is 2.70. The van der Waals surface area contributed by atoms with E-state index < -0.39 is 30.5 Å². The van der Waals surface area contributed by atoms with Gasteiger partial charge in [0.2, 0.25) is 0 Å². The third kappa shape index (κ3) is 7.08.